The van der Waals surface area contributed by atoms with Crippen molar-refractivity contribution in [2.24, 2.45) is 11.7 Å². The number of nitrogens with zero attached hydrogens (tertiary/aromatic N) is 1. The van der Waals surface area contributed by atoms with Gasteiger partial charge in [-0.25, -0.2) is 0 Å². The first kappa shape index (κ1) is 14.5. The quantitative estimate of drug-likeness (QED) is 0.581. The second kappa shape index (κ2) is 6.47. The highest BCUT2D eigenvalue weighted by Crippen LogP contribution is 2.32. The van der Waals surface area contributed by atoms with Crippen LogP contribution in [0.1, 0.15) is 24.8 Å². The number of nitro groups is 1. The van der Waals surface area contributed by atoms with Crippen LogP contribution < -0.4 is 11.1 Å². The van der Waals surface area contributed by atoms with E-state index in [1.807, 2.05) is 0 Å². The lowest BCUT2D eigenvalue weighted by molar-refractivity contribution is -0.384. The smallest absolute Gasteiger partial charge is 0.269 e. The molecule has 3 N–H and O–H groups in total. The molecule has 1 aromatic carbocycles. The van der Waals surface area contributed by atoms with E-state index in [4.69, 9.17) is 5.73 Å². The van der Waals surface area contributed by atoms with E-state index in [1.165, 1.54) is 12.1 Å². The molecule has 1 unspecified atom stereocenters. The van der Waals surface area contributed by atoms with Crippen LogP contribution in [0.4, 0.5) is 5.69 Å². The third-order valence-electron chi connectivity index (χ3n) is 3.53. The van der Waals surface area contributed by atoms with Crippen LogP contribution in [0.3, 0.4) is 0 Å². The van der Waals surface area contributed by atoms with Gasteiger partial charge in [0.2, 0.25) is 5.91 Å². The largest absolute Gasteiger partial charge is 0.356 e. The minimum atomic E-state index is -0.426. The molecule has 0 spiro atoms. The van der Waals surface area contributed by atoms with Crippen molar-refractivity contribution in [3.63, 3.8) is 0 Å². The Morgan fingerprint density at radius 2 is 2.05 bits per heavy atom. The molecule has 1 amide bonds. The summed E-state index contributed by atoms with van der Waals surface area (Å²) in [6.07, 6.45) is 3.31. The van der Waals surface area contributed by atoms with Gasteiger partial charge < -0.3 is 11.1 Å². The third kappa shape index (κ3) is 4.31. The lowest BCUT2D eigenvalue weighted by Gasteiger charge is -2.10. The molecule has 1 saturated carbocycles. The number of benzene rings is 1. The van der Waals surface area contributed by atoms with Gasteiger partial charge >= 0.3 is 0 Å². The summed E-state index contributed by atoms with van der Waals surface area (Å²) < 4.78 is 0. The molecule has 1 aliphatic rings. The van der Waals surface area contributed by atoms with Crippen LogP contribution in [0.5, 0.6) is 0 Å². The first-order valence-corrected chi connectivity index (χ1v) is 6.82. The van der Waals surface area contributed by atoms with Crippen molar-refractivity contribution in [2.45, 2.75) is 31.7 Å². The van der Waals surface area contributed by atoms with E-state index in [1.54, 1.807) is 12.1 Å². The van der Waals surface area contributed by atoms with Crippen molar-refractivity contribution < 1.29 is 9.72 Å². The predicted octanol–water partition coefficient (Wildman–Crippen LogP) is 1.38. The van der Waals surface area contributed by atoms with Crippen LogP contribution in [0.25, 0.3) is 0 Å². The number of carbonyl (C=O) groups is 1. The highest BCUT2D eigenvalue weighted by atomic mass is 16.6. The summed E-state index contributed by atoms with van der Waals surface area (Å²) in [5.41, 5.74) is 6.92. The first-order valence-electron chi connectivity index (χ1n) is 6.82. The Morgan fingerprint density at radius 1 is 1.40 bits per heavy atom. The van der Waals surface area contributed by atoms with E-state index >= 15 is 0 Å². The van der Waals surface area contributed by atoms with Crippen molar-refractivity contribution >= 4 is 11.6 Å². The number of hydrogen-bond donors (Lipinski definition) is 2. The summed E-state index contributed by atoms with van der Waals surface area (Å²) in [5, 5.41) is 13.3. The number of amides is 1. The zero-order valence-electron chi connectivity index (χ0n) is 11.2. The molecule has 0 aromatic heterocycles. The molecule has 1 fully saturated rings. The van der Waals surface area contributed by atoms with Crippen molar-refractivity contribution in [2.75, 3.05) is 6.54 Å². The minimum Gasteiger partial charge on any atom is -0.356 e. The Labute approximate surface area is 117 Å². The van der Waals surface area contributed by atoms with Crippen LogP contribution in [0, 0.1) is 16.0 Å². The van der Waals surface area contributed by atoms with Gasteiger partial charge in [0.25, 0.3) is 5.69 Å². The van der Waals surface area contributed by atoms with E-state index in [-0.39, 0.29) is 17.6 Å². The maximum atomic E-state index is 11.6. The molecule has 1 aromatic rings. The summed E-state index contributed by atoms with van der Waals surface area (Å²) >= 11 is 0. The van der Waals surface area contributed by atoms with Gasteiger partial charge in [-0.1, -0.05) is 12.1 Å². The fourth-order valence-electron chi connectivity index (χ4n) is 2.11. The van der Waals surface area contributed by atoms with E-state index in [0.717, 1.165) is 18.4 Å². The Bertz CT molecular complexity index is 483. The maximum Gasteiger partial charge on any atom is 0.269 e. The maximum absolute atomic E-state index is 11.6. The molecule has 0 radical (unpaired) electrons. The van der Waals surface area contributed by atoms with Gasteiger partial charge in [-0.05, 0) is 30.7 Å². The lowest BCUT2D eigenvalue weighted by Crippen LogP contribution is -2.33. The second-order valence-corrected chi connectivity index (χ2v) is 5.23. The molecule has 6 heteroatoms. The van der Waals surface area contributed by atoms with E-state index < -0.39 is 4.92 Å². The van der Waals surface area contributed by atoms with Crippen molar-refractivity contribution in [3.8, 4) is 0 Å². The van der Waals surface area contributed by atoms with Crippen LogP contribution >= 0.6 is 0 Å². The lowest BCUT2D eigenvalue weighted by atomic mass is 10.1. The van der Waals surface area contributed by atoms with Gasteiger partial charge in [0.15, 0.2) is 0 Å². The highest BCUT2D eigenvalue weighted by Gasteiger charge is 2.29. The van der Waals surface area contributed by atoms with Crippen LogP contribution in [0.15, 0.2) is 24.3 Å². The average Bonchev–Trinajstić information content (AvgIpc) is 3.23. The van der Waals surface area contributed by atoms with E-state index in [2.05, 4.69) is 5.32 Å². The molecule has 108 valence electrons. The van der Waals surface area contributed by atoms with Gasteiger partial charge in [-0.15, -0.1) is 0 Å². The van der Waals surface area contributed by atoms with E-state index in [9.17, 15) is 14.9 Å². The number of rotatable bonds is 7. The third-order valence-corrected chi connectivity index (χ3v) is 3.53. The molecule has 0 aliphatic heterocycles. The number of nitro benzene ring substituents is 1. The van der Waals surface area contributed by atoms with Crippen molar-refractivity contribution in [3.05, 3.63) is 39.9 Å². The average molecular weight is 277 g/mol. The Hall–Kier alpha value is -1.95. The van der Waals surface area contributed by atoms with Gasteiger partial charge in [0.05, 0.1) is 4.92 Å². The fourth-order valence-corrected chi connectivity index (χ4v) is 2.11. The fraction of sp³-hybridized carbons (Fsp3) is 0.500. The van der Waals surface area contributed by atoms with Gasteiger partial charge in [0, 0.05) is 31.1 Å². The Kier molecular flexibility index (Phi) is 4.68. The van der Waals surface area contributed by atoms with Crippen LogP contribution in [0.2, 0.25) is 0 Å². The van der Waals surface area contributed by atoms with Crippen LogP contribution in [-0.4, -0.2) is 23.4 Å². The minimum absolute atomic E-state index is 0.0191. The summed E-state index contributed by atoms with van der Waals surface area (Å²) in [7, 11) is 0. The molecule has 20 heavy (non-hydrogen) atoms. The molecular weight excluding hydrogens is 258 g/mol. The molecule has 0 bridgehead atoms. The zero-order valence-corrected chi connectivity index (χ0v) is 11.2. The van der Waals surface area contributed by atoms with Crippen LogP contribution in [-0.2, 0) is 11.2 Å². The molecule has 1 aliphatic carbocycles. The zero-order chi connectivity index (χ0) is 14.5. The number of hydrogen-bond acceptors (Lipinski definition) is 4. The highest BCUT2D eigenvalue weighted by molar-refractivity contribution is 5.76. The number of nitrogens with one attached hydrogen (secondary N) is 1. The van der Waals surface area contributed by atoms with Gasteiger partial charge in [0.1, 0.15) is 0 Å². The van der Waals surface area contributed by atoms with Gasteiger partial charge in [-0.2, -0.15) is 0 Å². The SMILES string of the molecule is NC(CC(=O)NCCc1ccc([N+](=O)[O-])cc1)C1CC1. The monoisotopic (exact) mass is 277 g/mol. The molecule has 2 rings (SSSR count). The summed E-state index contributed by atoms with van der Waals surface area (Å²) in [6, 6.07) is 6.34. The first-order chi connectivity index (χ1) is 9.56. The standard InChI is InChI=1S/C14H19N3O3/c15-13(11-3-4-11)9-14(18)16-8-7-10-1-5-12(6-2-10)17(19)20/h1-2,5-6,11,13H,3-4,7-9,15H2,(H,16,18). The molecule has 0 saturated heterocycles. The topological polar surface area (TPSA) is 98.3 Å². The van der Waals surface area contributed by atoms with Gasteiger partial charge in [-0.3, -0.25) is 14.9 Å². The molecule has 1 atom stereocenters. The number of non-ortho nitro benzene ring substituents is 1. The Balaban J connectivity index is 1.69. The summed E-state index contributed by atoms with van der Waals surface area (Å²) in [4.78, 5) is 21.7. The summed E-state index contributed by atoms with van der Waals surface area (Å²) in [6.45, 7) is 0.522. The predicted molar refractivity (Wildman–Crippen MR) is 75.1 cm³/mol. The van der Waals surface area contributed by atoms with E-state index in [0.29, 0.717) is 25.3 Å². The number of nitrogens with two attached hydrogens (primary N) is 1. The van der Waals surface area contributed by atoms with Crippen molar-refractivity contribution in [1.82, 2.24) is 5.32 Å². The Morgan fingerprint density at radius 3 is 2.60 bits per heavy atom. The second-order valence-electron chi connectivity index (χ2n) is 5.23. The molecule has 6 nitrogen and oxygen atoms in total. The normalized spacial score (nSPS) is 15.7. The van der Waals surface area contributed by atoms with Crippen molar-refractivity contribution in [1.29, 1.82) is 0 Å². The number of carbonyl (C=O) groups excluding carboxylic acids is 1. The summed E-state index contributed by atoms with van der Waals surface area (Å²) in [5.74, 6) is 0.502. The molecular formula is C14H19N3O3. The molecule has 0 heterocycles.